The minimum atomic E-state index is -1.22. The Bertz CT molecular complexity index is 615. The Morgan fingerprint density at radius 1 is 1.27 bits per heavy atom. The summed E-state index contributed by atoms with van der Waals surface area (Å²) in [6.45, 7) is 3.54. The quantitative estimate of drug-likeness (QED) is 0.816. The van der Waals surface area contributed by atoms with Gasteiger partial charge in [-0.3, -0.25) is 0 Å². The summed E-state index contributed by atoms with van der Waals surface area (Å²) in [5.74, 6) is 0.945. The molecule has 0 bridgehead atoms. The lowest BCUT2D eigenvalue weighted by molar-refractivity contribution is 0.0347. The van der Waals surface area contributed by atoms with Crippen molar-refractivity contribution in [1.82, 2.24) is 15.5 Å². The van der Waals surface area contributed by atoms with Gasteiger partial charge in [0.05, 0.1) is 6.61 Å². The van der Waals surface area contributed by atoms with Crippen molar-refractivity contribution >= 4 is 6.09 Å². The molecule has 1 aromatic carbocycles. The maximum absolute atomic E-state index is 15.1. The molecule has 1 aromatic rings. The first-order chi connectivity index (χ1) is 12.6. The van der Waals surface area contributed by atoms with Crippen molar-refractivity contribution < 1.29 is 13.9 Å². The van der Waals surface area contributed by atoms with Gasteiger partial charge in [-0.15, -0.1) is 0 Å². The van der Waals surface area contributed by atoms with Crippen molar-refractivity contribution in [2.24, 2.45) is 5.92 Å². The van der Waals surface area contributed by atoms with Gasteiger partial charge < -0.3 is 20.3 Å². The molecular weight excluding hydrogens is 333 g/mol. The third-order valence-electron chi connectivity index (χ3n) is 5.93. The Morgan fingerprint density at radius 3 is 2.65 bits per heavy atom. The van der Waals surface area contributed by atoms with Gasteiger partial charge in [0.1, 0.15) is 5.67 Å². The van der Waals surface area contributed by atoms with Gasteiger partial charge in [0.2, 0.25) is 0 Å². The van der Waals surface area contributed by atoms with E-state index in [-0.39, 0.29) is 6.09 Å². The van der Waals surface area contributed by atoms with E-state index in [1.807, 2.05) is 6.07 Å². The molecule has 2 atom stereocenters. The highest BCUT2D eigenvalue weighted by molar-refractivity contribution is 5.67. The molecule has 2 heterocycles. The van der Waals surface area contributed by atoms with Crippen LogP contribution in [-0.4, -0.2) is 62.0 Å². The second-order valence-corrected chi connectivity index (χ2v) is 7.98. The van der Waals surface area contributed by atoms with Crippen LogP contribution in [0.2, 0.25) is 0 Å². The van der Waals surface area contributed by atoms with Crippen molar-refractivity contribution in [3.8, 4) is 0 Å². The Labute approximate surface area is 154 Å². The monoisotopic (exact) mass is 361 g/mol. The lowest BCUT2D eigenvalue weighted by atomic mass is 9.93. The number of amides is 1. The number of ether oxygens (including phenoxy) is 1. The van der Waals surface area contributed by atoms with Gasteiger partial charge in [-0.05, 0) is 12.0 Å². The maximum Gasteiger partial charge on any atom is 0.409 e. The number of carbonyl (C=O) groups excluding carboxylic acids is 1. The van der Waals surface area contributed by atoms with Crippen molar-refractivity contribution in [1.29, 1.82) is 0 Å². The lowest BCUT2D eigenvalue weighted by Gasteiger charge is -2.36. The molecule has 1 saturated carbocycles. The number of piperidine rings is 1. The summed E-state index contributed by atoms with van der Waals surface area (Å²) < 4.78 is 20.4. The van der Waals surface area contributed by atoms with Crippen molar-refractivity contribution in [3.63, 3.8) is 0 Å². The predicted molar refractivity (Wildman–Crippen MR) is 97.9 cm³/mol. The van der Waals surface area contributed by atoms with Crippen LogP contribution in [0, 0.1) is 5.92 Å². The van der Waals surface area contributed by atoms with E-state index in [9.17, 15) is 4.79 Å². The Kier molecular flexibility index (Phi) is 5.14. The van der Waals surface area contributed by atoms with Gasteiger partial charge in [-0.2, -0.15) is 0 Å². The van der Waals surface area contributed by atoms with Crippen LogP contribution in [0.25, 0.3) is 0 Å². The highest BCUT2D eigenvalue weighted by Gasteiger charge is 2.42. The molecule has 142 valence electrons. The summed E-state index contributed by atoms with van der Waals surface area (Å²) in [5.41, 5.74) is 0.107. The van der Waals surface area contributed by atoms with Gasteiger partial charge in [0.15, 0.2) is 0 Å². The zero-order valence-corrected chi connectivity index (χ0v) is 15.1. The molecule has 0 radical (unpaired) electrons. The molecule has 2 aliphatic heterocycles. The van der Waals surface area contributed by atoms with Crippen molar-refractivity contribution in [2.45, 2.75) is 36.9 Å². The van der Waals surface area contributed by atoms with E-state index in [0.717, 1.165) is 19.5 Å². The number of halogens is 1. The summed E-state index contributed by atoms with van der Waals surface area (Å²) in [4.78, 5) is 13.7. The van der Waals surface area contributed by atoms with E-state index >= 15 is 4.39 Å². The second kappa shape index (κ2) is 7.53. The summed E-state index contributed by atoms with van der Waals surface area (Å²) in [6, 6.07) is 10.8. The number of nitrogens with one attached hydrogen (secondary N) is 2. The molecule has 2 N–H and O–H groups in total. The highest BCUT2D eigenvalue weighted by atomic mass is 19.1. The fraction of sp³-hybridized carbons (Fsp3) is 0.650. The molecule has 3 aliphatic rings. The van der Waals surface area contributed by atoms with Gasteiger partial charge in [0.25, 0.3) is 0 Å². The number of hydrogen-bond donors (Lipinski definition) is 2. The number of hydrogen-bond acceptors (Lipinski definition) is 4. The molecule has 0 spiro atoms. The zero-order valence-electron chi connectivity index (χ0n) is 15.1. The number of benzene rings is 1. The van der Waals surface area contributed by atoms with E-state index in [1.54, 1.807) is 4.90 Å². The molecule has 0 aromatic heterocycles. The number of carbonyl (C=O) groups is 1. The predicted octanol–water partition coefficient (Wildman–Crippen LogP) is 2.29. The molecular formula is C20H28FN3O2. The molecule has 5 nitrogen and oxygen atoms in total. The largest absolute Gasteiger partial charge is 0.449 e. The van der Waals surface area contributed by atoms with Gasteiger partial charge in [-0.1, -0.05) is 30.3 Å². The van der Waals surface area contributed by atoms with Crippen LogP contribution in [0.15, 0.2) is 30.3 Å². The van der Waals surface area contributed by atoms with Gasteiger partial charge >= 0.3 is 6.09 Å². The maximum atomic E-state index is 15.1. The van der Waals surface area contributed by atoms with Crippen LogP contribution in [-0.2, 0) is 4.74 Å². The normalized spacial score (nSPS) is 27.7. The number of nitrogens with zero attached hydrogens (tertiary/aromatic N) is 1. The van der Waals surface area contributed by atoms with Crippen LogP contribution >= 0.6 is 0 Å². The van der Waals surface area contributed by atoms with Crippen molar-refractivity contribution in [3.05, 3.63) is 35.9 Å². The first-order valence-corrected chi connectivity index (χ1v) is 9.73. The number of likely N-dealkylation sites (tertiary alicyclic amines) is 1. The average molecular weight is 361 g/mol. The van der Waals surface area contributed by atoms with Crippen LogP contribution in [0.3, 0.4) is 0 Å². The standard InChI is InChI=1S/C20H28FN3O2/c21-20(14-23-18-10-17(18)16-4-2-1-3-5-16)6-8-24(9-7-20)19(25)26-13-15-11-22-12-15/h1-5,15,17-18,22-23H,6-14H2/t17-,18+/m0/s1. The first kappa shape index (κ1) is 17.7. The fourth-order valence-electron chi connectivity index (χ4n) is 3.82. The van der Waals surface area contributed by atoms with Gasteiger partial charge in [0, 0.05) is 63.4 Å². The number of alkyl halides is 1. The Hall–Kier alpha value is -1.66. The van der Waals surface area contributed by atoms with E-state index in [2.05, 4.69) is 34.9 Å². The van der Waals surface area contributed by atoms with Crippen molar-refractivity contribution in [2.75, 3.05) is 39.3 Å². The summed E-state index contributed by atoms with van der Waals surface area (Å²) in [6.07, 6.45) is 1.54. The van der Waals surface area contributed by atoms with Gasteiger partial charge in [-0.25, -0.2) is 9.18 Å². The molecule has 6 heteroatoms. The smallest absolute Gasteiger partial charge is 0.409 e. The lowest BCUT2D eigenvalue weighted by Crippen LogP contribution is -2.50. The third kappa shape index (κ3) is 4.18. The van der Waals surface area contributed by atoms with E-state index in [1.165, 1.54) is 5.56 Å². The number of rotatable bonds is 6. The Balaban J connectivity index is 1.17. The summed E-state index contributed by atoms with van der Waals surface area (Å²) in [7, 11) is 0. The molecule has 1 amide bonds. The topological polar surface area (TPSA) is 53.6 Å². The molecule has 3 fully saturated rings. The minimum Gasteiger partial charge on any atom is -0.449 e. The van der Waals surface area contributed by atoms with E-state index < -0.39 is 5.67 Å². The van der Waals surface area contributed by atoms with E-state index in [4.69, 9.17) is 4.74 Å². The van der Waals surface area contributed by atoms with Crippen LogP contribution in [0.5, 0.6) is 0 Å². The second-order valence-electron chi connectivity index (χ2n) is 7.98. The van der Waals surface area contributed by atoms with E-state index in [0.29, 0.717) is 57.0 Å². The minimum absolute atomic E-state index is 0.293. The molecule has 26 heavy (non-hydrogen) atoms. The zero-order chi connectivity index (χ0) is 18.0. The molecule has 2 saturated heterocycles. The Morgan fingerprint density at radius 2 is 2.00 bits per heavy atom. The summed E-state index contributed by atoms with van der Waals surface area (Å²) in [5, 5.41) is 6.55. The van der Waals surface area contributed by atoms with Crippen LogP contribution in [0.4, 0.5) is 9.18 Å². The molecule has 1 aliphatic carbocycles. The first-order valence-electron chi connectivity index (χ1n) is 9.73. The molecule has 4 rings (SSSR count). The third-order valence-corrected chi connectivity index (χ3v) is 5.93. The average Bonchev–Trinajstić information content (AvgIpc) is 3.40. The fourth-order valence-corrected chi connectivity index (χ4v) is 3.82. The van der Waals surface area contributed by atoms with Crippen LogP contribution in [0.1, 0.15) is 30.7 Å². The molecule has 0 unspecified atom stereocenters. The van der Waals surface area contributed by atoms with Crippen LogP contribution < -0.4 is 10.6 Å². The highest BCUT2D eigenvalue weighted by Crippen LogP contribution is 2.41. The summed E-state index contributed by atoms with van der Waals surface area (Å²) >= 11 is 0. The SMILES string of the molecule is O=C(OCC1CNC1)N1CCC(F)(CN[C@@H]2C[C@H]2c2ccccc2)CC1.